The van der Waals surface area contributed by atoms with Gasteiger partial charge < -0.3 is 8.98 Å². The maximum Gasteiger partial charge on any atom is 0.157 e. The predicted molar refractivity (Wildman–Crippen MR) is 110 cm³/mol. The molecule has 0 unspecified atom stereocenters. The minimum Gasteiger partial charge on any atom is -0.454 e. The Labute approximate surface area is 167 Å². The number of hydrogen-bond acceptors (Lipinski definition) is 5. The van der Waals surface area contributed by atoms with Gasteiger partial charge in [0, 0.05) is 29.3 Å². The average Bonchev–Trinajstić information content (AvgIpc) is 3.30. The number of benzene rings is 1. The lowest BCUT2D eigenvalue weighted by Crippen LogP contribution is -2.06. The third-order valence-corrected chi connectivity index (χ3v) is 5.97. The van der Waals surface area contributed by atoms with E-state index in [0.717, 1.165) is 64.0 Å². The zero-order chi connectivity index (χ0) is 17.5. The van der Waals surface area contributed by atoms with Crippen LogP contribution in [0.15, 0.2) is 34.1 Å². The third kappa shape index (κ3) is 3.28. The summed E-state index contributed by atoms with van der Waals surface area (Å²) in [5, 5.41) is 13.1. The van der Waals surface area contributed by atoms with Crippen LogP contribution in [-0.4, -0.2) is 19.7 Å². The Morgan fingerprint density at radius 1 is 1.15 bits per heavy atom. The molecule has 0 aliphatic carbocycles. The van der Waals surface area contributed by atoms with E-state index in [1.54, 1.807) is 11.3 Å². The van der Waals surface area contributed by atoms with Crippen molar-refractivity contribution in [3.05, 3.63) is 51.9 Å². The highest BCUT2D eigenvalue weighted by molar-refractivity contribution is 7.10. The Hall–Kier alpha value is -2.18. The Kier molecular flexibility index (Phi) is 5.02. The molecule has 0 spiro atoms. The van der Waals surface area contributed by atoms with E-state index in [0.29, 0.717) is 0 Å². The number of fused-ring (bicyclic) bond motifs is 2. The summed E-state index contributed by atoms with van der Waals surface area (Å²) in [6, 6.07) is 8.14. The lowest BCUT2D eigenvalue weighted by Gasteiger charge is -2.05. The van der Waals surface area contributed by atoms with E-state index in [-0.39, 0.29) is 12.4 Å². The molecule has 0 bridgehead atoms. The molecular formula is C20H21ClN4OS. The molecule has 4 aromatic rings. The molecule has 0 amide bonds. The summed E-state index contributed by atoms with van der Waals surface area (Å²) in [6.45, 7) is 3.12. The number of para-hydroxylation sites is 1. The largest absolute Gasteiger partial charge is 0.454 e. The monoisotopic (exact) mass is 400 g/mol. The van der Waals surface area contributed by atoms with Gasteiger partial charge in [0.1, 0.15) is 27.9 Å². The molecule has 140 valence electrons. The van der Waals surface area contributed by atoms with E-state index in [2.05, 4.69) is 33.1 Å². The molecule has 0 radical (unpaired) electrons. The molecule has 27 heavy (non-hydrogen) atoms. The van der Waals surface area contributed by atoms with Crippen molar-refractivity contribution in [1.29, 1.82) is 0 Å². The van der Waals surface area contributed by atoms with Crippen molar-refractivity contribution < 1.29 is 4.42 Å². The molecule has 0 atom stereocenters. The number of halogens is 1. The second kappa shape index (κ2) is 7.44. The lowest BCUT2D eigenvalue weighted by molar-refractivity contribution is 0.611. The highest BCUT2D eigenvalue weighted by Gasteiger charge is 2.18. The number of aromatic nitrogens is 4. The summed E-state index contributed by atoms with van der Waals surface area (Å²) in [7, 11) is 0. The van der Waals surface area contributed by atoms with Crippen LogP contribution in [0.1, 0.15) is 41.5 Å². The first-order valence-electron chi connectivity index (χ1n) is 9.13. The van der Waals surface area contributed by atoms with E-state index >= 15 is 0 Å². The topological polar surface area (TPSA) is 56.7 Å². The molecule has 0 saturated heterocycles. The van der Waals surface area contributed by atoms with Crippen LogP contribution in [0.3, 0.4) is 0 Å². The normalized spacial score (nSPS) is 14.0. The average molecular weight is 401 g/mol. The second-order valence-electron chi connectivity index (χ2n) is 6.85. The van der Waals surface area contributed by atoms with Gasteiger partial charge in [0.2, 0.25) is 0 Å². The van der Waals surface area contributed by atoms with Gasteiger partial charge in [0.25, 0.3) is 0 Å². The van der Waals surface area contributed by atoms with Gasteiger partial charge in [-0.3, -0.25) is 0 Å². The molecule has 0 N–H and O–H groups in total. The van der Waals surface area contributed by atoms with E-state index in [4.69, 9.17) is 9.40 Å². The molecule has 1 aliphatic rings. The van der Waals surface area contributed by atoms with Gasteiger partial charge in [-0.15, -0.1) is 33.9 Å². The molecule has 0 fully saturated rings. The molecule has 1 aromatic carbocycles. The number of nitrogens with zero attached hydrogens (tertiary/aromatic N) is 4. The fourth-order valence-corrected chi connectivity index (χ4v) is 4.50. The summed E-state index contributed by atoms with van der Waals surface area (Å²) in [4.78, 5) is 4.83. The number of aryl methyl sites for hydroxylation is 2. The summed E-state index contributed by atoms with van der Waals surface area (Å²) in [5.74, 6) is 3.03. The highest BCUT2D eigenvalue weighted by Crippen LogP contribution is 2.33. The highest BCUT2D eigenvalue weighted by atomic mass is 35.5. The first kappa shape index (κ1) is 18.2. The van der Waals surface area contributed by atoms with Crippen molar-refractivity contribution in [2.24, 2.45) is 0 Å². The lowest BCUT2D eigenvalue weighted by atomic mass is 10.1. The minimum atomic E-state index is 0. The Bertz CT molecular complexity index is 1080. The van der Waals surface area contributed by atoms with Gasteiger partial charge in [-0.05, 0) is 25.8 Å². The van der Waals surface area contributed by atoms with Crippen LogP contribution in [0.5, 0.6) is 0 Å². The van der Waals surface area contributed by atoms with Crippen molar-refractivity contribution in [3.8, 4) is 11.5 Å². The fourth-order valence-electron chi connectivity index (χ4n) is 3.73. The molecule has 3 aromatic heterocycles. The zero-order valence-electron chi connectivity index (χ0n) is 15.1. The maximum absolute atomic E-state index is 6.05. The predicted octanol–water partition coefficient (Wildman–Crippen LogP) is 5.20. The fraction of sp³-hybridized carbons (Fsp3) is 0.350. The van der Waals surface area contributed by atoms with E-state index in [1.807, 2.05) is 18.2 Å². The van der Waals surface area contributed by atoms with Crippen LogP contribution in [0.25, 0.3) is 22.4 Å². The van der Waals surface area contributed by atoms with Gasteiger partial charge in [0.15, 0.2) is 5.76 Å². The number of hydrogen-bond donors (Lipinski definition) is 0. The van der Waals surface area contributed by atoms with Crippen molar-refractivity contribution in [2.75, 3.05) is 0 Å². The standard InChI is InChI=1S/C20H20N4OS.ClH/c1-13-14-7-4-5-8-16(14)25-20(13)15-12-26-19(21-15)11-18-23-22-17-9-3-2-6-10-24(17)18;/h4-5,7-8,12H,2-3,6,9-11H2,1H3;1H. The van der Waals surface area contributed by atoms with Crippen LogP contribution in [0, 0.1) is 6.92 Å². The quantitative estimate of drug-likeness (QED) is 0.474. The first-order valence-corrected chi connectivity index (χ1v) is 10.0. The van der Waals surface area contributed by atoms with Crippen molar-refractivity contribution in [2.45, 2.75) is 45.6 Å². The third-order valence-electron chi connectivity index (χ3n) is 5.12. The van der Waals surface area contributed by atoms with Gasteiger partial charge in [-0.2, -0.15) is 0 Å². The van der Waals surface area contributed by atoms with Crippen LogP contribution in [-0.2, 0) is 19.4 Å². The van der Waals surface area contributed by atoms with E-state index in [9.17, 15) is 0 Å². The summed E-state index contributed by atoms with van der Waals surface area (Å²) in [5.41, 5.74) is 2.97. The number of furan rings is 1. The Balaban J connectivity index is 0.00000180. The molecular weight excluding hydrogens is 380 g/mol. The van der Waals surface area contributed by atoms with Gasteiger partial charge in [0.05, 0.1) is 6.42 Å². The molecule has 4 heterocycles. The Morgan fingerprint density at radius 2 is 2.04 bits per heavy atom. The number of rotatable bonds is 3. The SMILES string of the molecule is Cc1c(-c2csc(Cc3nnc4n3CCCCC4)n2)oc2ccccc12.Cl. The van der Waals surface area contributed by atoms with Crippen LogP contribution < -0.4 is 0 Å². The molecule has 7 heteroatoms. The van der Waals surface area contributed by atoms with Crippen molar-refractivity contribution in [1.82, 2.24) is 19.7 Å². The second-order valence-corrected chi connectivity index (χ2v) is 7.79. The van der Waals surface area contributed by atoms with Crippen LogP contribution >= 0.6 is 23.7 Å². The van der Waals surface area contributed by atoms with Gasteiger partial charge in [-0.25, -0.2) is 4.98 Å². The summed E-state index contributed by atoms with van der Waals surface area (Å²) >= 11 is 1.66. The van der Waals surface area contributed by atoms with E-state index < -0.39 is 0 Å². The van der Waals surface area contributed by atoms with Gasteiger partial charge in [-0.1, -0.05) is 24.6 Å². The van der Waals surface area contributed by atoms with Crippen LogP contribution in [0.4, 0.5) is 0 Å². The molecule has 1 aliphatic heterocycles. The van der Waals surface area contributed by atoms with Crippen molar-refractivity contribution in [3.63, 3.8) is 0 Å². The van der Waals surface area contributed by atoms with E-state index in [1.165, 1.54) is 19.3 Å². The first-order chi connectivity index (χ1) is 12.8. The Morgan fingerprint density at radius 3 is 2.93 bits per heavy atom. The maximum atomic E-state index is 6.05. The van der Waals surface area contributed by atoms with Gasteiger partial charge >= 0.3 is 0 Å². The molecule has 5 rings (SSSR count). The van der Waals surface area contributed by atoms with Crippen LogP contribution in [0.2, 0.25) is 0 Å². The summed E-state index contributed by atoms with van der Waals surface area (Å²) < 4.78 is 8.34. The summed E-state index contributed by atoms with van der Waals surface area (Å²) in [6.07, 6.45) is 5.46. The molecule has 5 nitrogen and oxygen atoms in total. The number of thiazole rings is 1. The zero-order valence-corrected chi connectivity index (χ0v) is 16.8. The molecule has 0 saturated carbocycles. The van der Waals surface area contributed by atoms with Crippen molar-refractivity contribution >= 4 is 34.7 Å². The minimum absolute atomic E-state index is 0. The smallest absolute Gasteiger partial charge is 0.157 e.